The summed E-state index contributed by atoms with van der Waals surface area (Å²) in [5.74, 6) is -1.06. The molecule has 0 saturated carbocycles. The number of rotatable bonds is 8. The van der Waals surface area contributed by atoms with Gasteiger partial charge >= 0.3 is 11.9 Å². The van der Waals surface area contributed by atoms with E-state index in [9.17, 15) is 9.59 Å². The maximum atomic E-state index is 12.0. The summed E-state index contributed by atoms with van der Waals surface area (Å²) in [4.78, 5) is 22.0. The SMILES string of the molecule is CCOC(O[C@H]1C=C[C@@H](OC(C)=O)C1)C(Br)C(=O)OCC(Cl)(Cl)Cl. The van der Waals surface area contributed by atoms with Gasteiger partial charge in [-0.15, -0.1) is 0 Å². The second-order valence-electron chi connectivity index (χ2n) is 4.89. The van der Waals surface area contributed by atoms with Gasteiger partial charge in [0.05, 0.1) is 6.10 Å². The Bertz CT molecular complexity index is 468. The number of ether oxygens (including phenoxy) is 4. The minimum atomic E-state index is -1.70. The molecule has 0 saturated heterocycles. The summed E-state index contributed by atoms with van der Waals surface area (Å²) < 4.78 is 19.4. The minimum absolute atomic E-state index is 0.314. The van der Waals surface area contributed by atoms with Crippen molar-refractivity contribution < 1.29 is 28.5 Å². The molecular formula is C14H18BrCl3O6. The van der Waals surface area contributed by atoms with Crippen LogP contribution in [0.3, 0.4) is 0 Å². The monoisotopic (exact) mass is 466 g/mol. The van der Waals surface area contributed by atoms with Crippen LogP contribution in [-0.2, 0) is 28.5 Å². The fourth-order valence-electron chi connectivity index (χ4n) is 1.91. The van der Waals surface area contributed by atoms with E-state index in [4.69, 9.17) is 53.8 Å². The van der Waals surface area contributed by atoms with Gasteiger partial charge in [-0.1, -0.05) is 56.8 Å². The van der Waals surface area contributed by atoms with Gasteiger partial charge in [-0.25, -0.2) is 0 Å². The lowest BCUT2D eigenvalue weighted by Crippen LogP contribution is -2.38. The van der Waals surface area contributed by atoms with Crippen molar-refractivity contribution in [3.63, 3.8) is 0 Å². The highest BCUT2D eigenvalue weighted by atomic mass is 79.9. The molecule has 1 aliphatic rings. The van der Waals surface area contributed by atoms with Crippen LogP contribution in [0.4, 0.5) is 0 Å². The van der Waals surface area contributed by atoms with Crippen LogP contribution in [0.1, 0.15) is 20.3 Å². The van der Waals surface area contributed by atoms with E-state index in [0.29, 0.717) is 13.0 Å². The van der Waals surface area contributed by atoms with Crippen LogP contribution in [0.25, 0.3) is 0 Å². The van der Waals surface area contributed by atoms with E-state index < -0.39 is 27.5 Å². The van der Waals surface area contributed by atoms with Crippen LogP contribution in [-0.4, -0.2) is 52.3 Å². The van der Waals surface area contributed by atoms with E-state index in [2.05, 4.69) is 15.9 Å². The Morgan fingerprint density at radius 1 is 1.29 bits per heavy atom. The quantitative estimate of drug-likeness (QED) is 0.236. The average molecular weight is 469 g/mol. The maximum absolute atomic E-state index is 12.0. The van der Waals surface area contributed by atoms with Gasteiger partial charge in [0.1, 0.15) is 12.7 Å². The molecule has 4 atom stereocenters. The Labute approximate surface area is 163 Å². The van der Waals surface area contributed by atoms with Gasteiger partial charge in [-0.3, -0.25) is 9.59 Å². The molecule has 0 fully saturated rings. The van der Waals surface area contributed by atoms with Crippen LogP contribution >= 0.6 is 50.7 Å². The zero-order valence-corrected chi connectivity index (χ0v) is 16.9. The summed E-state index contributed by atoms with van der Waals surface area (Å²) in [5, 5.41) is 0. The highest BCUT2D eigenvalue weighted by Crippen LogP contribution is 2.27. The molecule has 0 aromatic carbocycles. The van der Waals surface area contributed by atoms with E-state index in [-0.39, 0.29) is 18.2 Å². The fourth-order valence-corrected chi connectivity index (χ4v) is 2.48. The standard InChI is InChI=1S/C14H18BrCl3O6/c1-3-21-13(11(15)12(20)22-7-14(16,17)18)24-10-5-4-9(6-10)23-8(2)19/h4-5,9-11,13H,3,6-7H2,1-2H3/t9-,10+,11?,13?/m1/s1. The number of alkyl halides is 4. The number of hydrogen-bond donors (Lipinski definition) is 0. The lowest BCUT2D eigenvalue weighted by molar-refractivity contribution is -0.176. The smallest absolute Gasteiger partial charge is 0.325 e. The minimum Gasteiger partial charge on any atom is -0.460 e. The normalized spacial score (nSPS) is 22.9. The fraction of sp³-hybridized carbons (Fsp3) is 0.714. The van der Waals surface area contributed by atoms with E-state index in [1.165, 1.54) is 6.92 Å². The van der Waals surface area contributed by atoms with Crippen molar-refractivity contribution in [2.45, 2.75) is 47.4 Å². The summed E-state index contributed by atoms with van der Waals surface area (Å²) in [6.07, 6.45) is 2.26. The molecule has 0 amide bonds. The molecule has 0 spiro atoms. The van der Waals surface area contributed by atoms with Crippen molar-refractivity contribution in [2.75, 3.05) is 13.2 Å². The highest BCUT2D eigenvalue weighted by molar-refractivity contribution is 9.10. The van der Waals surface area contributed by atoms with Gasteiger partial charge in [0, 0.05) is 20.0 Å². The molecule has 0 heterocycles. The van der Waals surface area contributed by atoms with Crippen LogP contribution < -0.4 is 0 Å². The van der Waals surface area contributed by atoms with Crippen molar-refractivity contribution in [1.82, 2.24) is 0 Å². The summed E-state index contributed by atoms with van der Waals surface area (Å²) in [6, 6.07) is 0. The summed E-state index contributed by atoms with van der Waals surface area (Å²) in [6.45, 7) is 3.01. The van der Waals surface area contributed by atoms with Crippen molar-refractivity contribution in [3.8, 4) is 0 Å². The Morgan fingerprint density at radius 3 is 2.46 bits per heavy atom. The van der Waals surface area contributed by atoms with Gasteiger partial charge in [-0.05, 0) is 13.0 Å². The van der Waals surface area contributed by atoms with Crippen molar-refractivity contribution in [3.05, 3.63) is 12.2 Å². The Kier molecular flexibility index (Phi) is 9.33. The summed E-state index contributed by atoms with van der Waals surface area (Å²) in [5.41, 5.74) is 0. The molecule has 0 aromatic heterocycles. The predicted molar refractivity (Wildman–Crippen MR) is 93.6 cm³/mol. The first kappa shape index (κ1) is 22.0. The van der Waals surface area contributed by atoms with Crippen molar-refractivity contribution in [1.29, 1.82) is 0 Å². The van der Waals surface area contributed by atoms with Gasteiger partial charge in [0.2, 0.25) is 3.79 Å². The van der Waals surface area contributed by atoms with E-state index in [1.807, 2.05) is 0 Å². The van der Waals surface area contributed by atoms with E-state index in [0.717, 1.165) is 0 Å². The first-order chi connectivity index (χ1) is 11.1. The second kappa shape index (κ2) is 10.2. The van der Waals surface area contributed by atoms with Gasteiger partial charge in [0.25, 0.3) is 0 Å². The Balaban J connectivity index is 2.55. The summed E-state index contributed by atoms with van der Waals surface area (Å²) >= 11 is 19.8. The molecule has 0 N–H and O–H groups in total. The van der Waals surface area contributed by atoms with Gasteiger partial charge < -0.3 is 18.9 Å². The molecule has 0 aromatic rings. The lowest BCUT2D eigenvalue weighted by atomic mass is 10.2. The van der Waals surface area contributed by atoms with Crippen LogP contribution in [0.15, 0.2) is 12.2 Å². The third kappa shape index (κ3) is 8.36. The average Bonchev–Trinajstić information content (AvgIpc) is 2.89. The van der Waals surface area contributed by atoms with Crippen LogP contribution in [0.2, 0.25) is 0 Å². The number of carbonyl (C=O) groups excluding carboxylic acids is 2. The molecular weight excluding hydrogens is 450 g/mol. The number of halogens is 4. The Hall–Kier alpha value is -0.0500. The third-order valence-corrected chi connectivity index (χ3v) is 3.94. The van der Waals surface area contributed by atoms with E-state index in [1.54, 1.807) is 19.1 Å². The lowest BCUT2D eigenvalue weighted by Gasteiger charge is -2.25. The molecule has 24 heavy (non-hydrogen) atoms. The second-order valence-corrected chi connectivity index (χ2v) is 8.39. The molecule has 0 aliphatic heterocycles. The van der Waals surface area contributed by atoms with Crippen LogP contribution in [0, 0.1) is 0 Å². The molecule has 0 bridgehead atoms. The largest absolute Gasteiger partial charge is 0.460 e. The van der Waals surface area contributed by atoms with Gasteiger partial charge in [-0.2, -0.15) is 0 Å². The van der Waals surface area contributed by atoms with E-state index >= 15 is 0 Å². The molecule has 1 aliphatic carbocycles. The molecule has 0 radical (unpaired) electrons. The van der Waals surface area contributed by atoms with Crippen LogP contribution in [0.5, 0.6) is 0 Å². The van der Waals surface area contributed by atoms with Crippen molar-refractivity contribution >= 4 is 62.7 Å². The number of carbonyl (C=O) groups is 2. The maximum Gasteiger partial charge on any atom is 0.325 e. The summed E-state index contributed by atoms with van der Waals surface area (Å²) in [7, 11) is 0. The third-order valence-electron chi connectivity index (χ3n) is 2.80. The highest BCUT2D eigenvalue weighted by Gasteiger charge is 2.34. The Morgan fingerprint density at radius 2 is 1.92 bits per heavy atom. The zero-order valence-electron chi connectivity index (χ0n) is 13.0. The van der Waals surface area contributed by atoms with Gasteiger partial charge in [0.15, 0.2) is 11.1 Å². The predicted octanol–water partition coefficient (Wildman–Crippen LogP) is 3.30. The topological polar surface area (TPSA) is 71.1 Å². The zero-order chi connectivity index (χ0) is 18.3. The van der Waals surface area contributed by atoms with Crippen molar-refractivity contribution in [2.24, 2.45) is 0 Å². The molecule has 138 valence electrons. The molecule has 2 unspecified atom stereocenters. The molecule has 6 nitrogen and oxygen atoms in total. The number of esters is 2. The molecule has 1 rings (SSSR count). The first-order valence-electron chi connectivity index (χ1n) is 7.12. The first-order valence-corrected chi connectivity index (χ1v) is 9.17. The molecule has 10 heteroatoms. The number of hydrogen-bond acceptors (Lipinski definition) is 6.